The molecule has 0 aromatic rings. The van der Waals surface area contributed by atoms with E-state index in [9.17, 15) is 14.4 Å². The van der Waals surface area contributed by atoms with E-state index in [2.05, 4.69) is 78.2 Å². The molecule has 0 fully saturated rings. The molecule has 0 aliphatic heterocycles. The number of halogens is 3. The highest BCUT2D eigenvalue weighted by Gasteiger charge is 2.29. The van der Waals surface area contributed by atoms with E-state index in [1.54, 1.807) is 0 Å². The highest BCUT2D eigenvalue weighted by Crippen LogP contribution is 2.24. The summed E-state index contributed by atoms with van der Waals surface area (Å²) in [7, 11) is 0. The van der Waals surface area contributed by atoms with Crippen molar-refractivity contribution in [3.63, 3.8) is 0 Å². The second kappa shape index (κ2) is 21.8. The summed E-state index contributed by atoms with van der Waals surface area (Å²) in [5, 5.41) is 0. The molecule has 0 aromatic carbocycles. The molecular formula is C36H57Br3O6. The first kappa shape index (κ1) is 42.1. The summed E-state index contributed by atoms with van der Waals surface area (Å²) in [5.74, 6) is -0.503. The Kier molecular flexibility index (Phi) is 20.4. The van der Waals surface area contributed by atoms with E-state index in [-0.39, 0.29) is 36.2 Å². The fourth-order valence-electron chi connectivity index (χ4n) is 4.56. The predicted molar refractivity (Wildman–Crippen MR) is 195 cm³/mol. The van der Waals surface area contributed by atoms with Crippen LogP contribution in [-0.4, -0.2) is 49.2 Å². The van der Waals surface area contributed by atoms with Crippen molar-refractivity contribution in [3.05, 3.63) is 36.5 Å². The number of ether oxygens (including phenoxy) is 3. The van der Waals surface area contributed by atoms with Crippen molar-refractivity contribution < 1.29 is 28.6 Å². The molecule has 0 bridgehead atoms. The van der Waals surface area contributed by atoms with Gasteiger partial charge in [-0.2, -0.15) is 0 Å². The van der Waals surface area contributed by atoms with E-state index in [1.807, 2.05) is 47.6 Å². The molecule has 3 rings (SSSR count). The van der Waals surface area contributed by atoms with Crippen LogP contribution in [0, 0.1) is 0 Å². The number of rotatable bonds is 6. The summed E-state index contributed by atoms with van der Waals surface area (Å²) in [5.41, 5.74) is 0. The topological polar surface area (TPSA) is 78.9 Å². The first-order valence-electron chi connectivity index (χ1n) is 16.7. The highest BCUT2D eigenvalue weighted by atomic mass is 79.9. The molecule has 3 aliphatic carbocycles. The van der Waals surface area contributed by atoms with E-state index in [0.29, 0.717) is 0 Å². The Morgan fingerprint density at radius 3 is 1.62 bits per heavy atom. The van der Waals surface area contributed by atoms with Gasteiger partial charge in [-0.05, 0) is 131 Å². The van der Waals surface area contributed by atoms with Gasteiger partial charge in [-0.15, -0.1) is 0 Å². The molecule has 0 spiro atoms. The maximum atomic E-state index is 11.6. The monoisotopic (exact) mass is 822 g/mol. The highest BCUT2D eigenvalue weighted by molar-refractivity contribution is 9.10. The third-order valence-corrected chi connectivity index (χ3v) is 8.37. The van der Waals surface area contributed by atoms with Gasteiger partial charge in [0.05, 0.1) is 0 Å². The van der Waals surface area contributed by atoms with Crippen molar-refractivity contribution in [2.75, 3.05) is 0 Å². The van der Waals surface area contributed by atoms with Crippen LogP contribution in [0.3, 0.4) is 0 Å². The van der Waals surface area contributed by atoms with Gasteiger partial charge in [0.2, 0.25) is 0 Å². The van der Waals surface area contributed by atoms with Crippen LogP contribution in [0.4, 0.5) is 0 Å². The molecule has 6 nitrogen and oxygen atoms in total. The molecular weight excluding hydrogens is 768 g/mol. The van der Waals surface area contributed by atoms with Crippen LogP contribution in [0.2, 0.25) is 0 Å². The first-order chi connectivity index (χ1) is 21.0. The van der Waals surface area contributed by atoms with Gasteiger partial charge in [0.15, 0.2) is 0 Å². The molecule has 0 N–H and O–H groups in total. The lowest BCUT2D eigenvalue weighted by Crippen LogP contribution is -2.31. The van der Waals surface area contributed by atoms with Crippen molar-refractivity contribution in [1.82, 2.24) is 0 Å². The van der Waals surface area contributed by atoms with Crippen molar-refractivity contribution in [1.29, 1.82) is 0 Å². The van der Waals surface area contributed by atoms with Crippen LogP contribution in [0.5, 0.6) is 0 Å². The minimum atomic E-state index is -0.580. The van der Waals surface area contributed by atoms with Gasteiger partial charge in [0, 0.05) is 6.42 Å². The minimum Gasteiger partial charge on any atom is -0.461 e. The fraction of sp³-hybridized carbons (Fsp3) is 0.750. The smallest absolute Gasteiger partial charge is 0.322 e. The molecule has 0 aromatic heterocycles. The molecule has 0 amide bonds. The van der Waals surface area contributed by atoms with Crippen molar-refractivity contribution in [2.45, 2.75) is 169 Å². The number of esters is 3. The number of carbonyl (C=O) groups is 3. The third-order valence-electron chi connectivity index (χ3n) is 7.40. The van der Waals surface area contributed by atoms with Crippen LogP contribution in [0.1, 0.15) is 138 Å². The molecule has 0 saturated heterocycles. The molecule has 0 saturated carbocycles. The van der Waals surface area contributed by atoms with Crippen LogP contribution in [-0.2, 0) is 28.6 Å². The summed E-state index contributed by atoms with van der Waals surface area (Å²) in [6, 6.07) is 0. The zero-order valence-corrected chi connectivity index (χ0v) is 33.1. The molecule has 9 heteroatoms. The third kappa shape index (κ3) is 20.8. The summed E-state index contributed by atoms with van der Waals surface area (Å²) in [4.78, 5) is 34.9. The van der Waals surface area contributed by atoms with E-state index >= 15 is 0 Å². The average molecular weight is 826 g/mol. The van der Waals surface area contributed by atoms with Gasteiger partial charge in [0.25, 0.3) is 0 Å². The number of alkyl halides is 3. The Balaban J connectivity index is 0.000000337. The number of allylic oxidation sites excluding steroid dienone is 4. The molecule has 258 valence electrons. The normalized spacial score (nSPS) is 25.1. The van der Waals surface area contributed by atoms with Crippen molar-refractivity contribution in [2.24, 2.45) is 0 Å². The summed E-state index contributed by atoms with van der Waals surface area (Å²) in [6.45, 7) is 10.9. The van der Waals surface area contributed by atoms with Crippen LogP contribution in [0.25, 0.3) is 0 Å². The maximum Gasteiger partial charge on any atom is 0.322 e. The minimum absolute atomic E-state index is 0.0328. The lowest BCUT2D eigenvalue weighted by Gasteiger charge is -2.22. The van der Waals surface area contributed by atoms with E-state index < -0.39 is 13.0 Å². The van der Waals surface area contributed by atoms with E-state index in [0.717, 1.165) is 77.0 Å². The van der Waals surface area contributed by atoms with Crippen molar-refractivity contribution >= 4 is 65.7 Å². The summed E-state index contributed by atoms with van der Waals surface area (Å²) >= 11 is 9.94. The van der Waals surface area contributed by atoms with Gasteiger partial charge >= 0.3 is 17.9 Å². The Morgan fingerprint density at radius 1 is 0.511 bits per heavy atom. The first-order valence-corrected chi connectivity index (χ1v) is 19.0. The maximum absolute atomic E-state index is 11.6. The molecule has 45 heavy (non-hydrogen) atoms. The van der Waals surface area contributed by atoms with Gasteiger partial charge in [-0.25, -0.2) is 0 Å². The van der Waals surface area contributed by atoms with Gasteiger partial charge in [-0.1, -0.05) is 84.6 Å². The molecule has 0 heterocycles. The number of hydrogen-bond donors (Lipinski definition) is 0. The summed E-state index contributed by atoms with van der Waals surface area (Å²) < 4.78 is 14.6. The zero-order chi connectivity index (χ0) is 33.9. The SMILES string of the molecule is CC(C)(Br)C(=O)OC1/C=C\CCCCC1.CC(C)(Br)C(=O)OC1C/C=C\CCCC1.CC(C)(Br)C(=O)OC1CC/C=C\CCC1. The Hall–Kier alpha value is -0.930. The Bertz CT molecular complexity index is 969. The molecule has 3 unspecified atom stereocenters. The molecule has 3 aliphatic rings. The van der Waals surface area contributed by atoms with Crippen LogP contribution < -0.4 is 0 Å². The Morgan fingerprint density at radius 2 is 0.978 bits per heavy atom. The van der Waals surface area contributed by atoms with Gasteiger partial charge in [-0.3, -0.25) is 14.4 Å². The largest absolute Gasteiger partial charge is 0.461 e. The Labute approximate surface area is 298 Å². The van der Waals surface area contributed by atoms with Crippen molar-refractivity contribution in [3.8, 4) is 0 Å². The number of carbonyl (C=O) groups excluding carboxylic acids is 3. The predicted octanol–water partition coefficient (Wildman–Crippen LogP) is 10.8. The second-order valence-electron chi connectivity index (χ2n) is 13.5. The molecule has 3 atom stereocenters. The van der Waals surface area contributed by atoms with E-state index in [1.165, 1.54) is 19.3 Å². The molecule has 0 radical (unpaired) electrons. The average Bonchev–Trinajstić information content (AvgIpc) is 2.87. The van der Waals surface area contributed by atoms with Crippen LogP contribution >= 0.6 is 47.8 Å². The fourth-order valence-corrected chi connectivity index (χ4v) is 4.84. The zero-order valence-electron chi connectivity index (χ0n) is 28.4. The van der Waals surface area contributed by atoms with Crippen LogP contribution in [0.15, 0.2) is 36.5 Å². The van der Waals surface area contributed by atoms with Gasteiger partial charge < -0.3 is 14.2 Å². The quantitative estimate of drug-likeness (QED) is 0.115. The lowest BCUT2D eigenvalue weighted by molar-refractivity contribution is -0.152. The lowest BCUT2D eigenvalue weighted by atomic mass is 10.0. The van der Waals surface area contributed by atoms with Gasteiger partial charge in [0.1, 0.15) is 31.3 Å². The second-order valence-corrected chi connectivity index (χ2v) is 19.4. The van der Waals surface area contributed by atoms with E-state index in [4.69, 9.17) is 14.2 Å². The standard InChI is InChI=1S/3C12H19BrO2/c3*1-12(2,13)11(14)15-10-8-6-4-3-5-7-9-10/h6,8,10H,3-5,7,9H2,1-2H3;4,6,10H,3,5,7-9H2,1-2H3;3-4,10H,5-9H2,1-2H3/b8-6-;6-4-;4-3-. The number of hydrogen-bond acceptors (Lipinski definition) is 6. The summed E-state index contributed by atoms with van der Waals surface area (Å²) in [6.07, 6.45) is 29.1.